The molecule has 0 aliphatic carbocycles. The van der Waals surface area contributed by atoms with Gasteiger partial charge in [-0.05, 0) is 36.3 Å². The van der Waals surface area contributed by atoms with Gasteiger partial charge in [0.15, 0.2) is 5.70 Å². The lowest BCUT2D eigenvalue weighted by molar-refractivity contribution is -0.432. The number of benzene rings is 1. The molecule has 0 spiro atoms. The molecule has 0 unspecified atom stereocenters. The summed E-state index contributed by atoms with van der Waals surface area (Å²) in [5.41, 5.74) is 8.11. The van der Waals surface area contributed by atoms with Gasteiger partial charge in [-0.3, -0.25) is 5.73 Å². The molecule has 1 aromatic carbocycles. The van der Waals surface area contributed by atoms with E-state index in [1.807, 2.05) is 25.1 Å². The Labute approximate surface area is 106 Å². The lowest BCUT2D eigenvalue weighted by atomic mass is 10.1. The number of aryl methyl sites for hydroxylation is 1. The average Bonchev–Trinajstić information content (AvgIpc) is 2.56. The van der Waals surface area contributed by atoms with Gasteiger partial charge >= 0.3 is 11.9 Å². The SMILES string of the molecule is COc1ccc(/C=C2/C(=O)NC(N)=[N+]2C)cc1C. The summed E-state index contributed by atoms with van der Waals surface area (Å²) >= 11 is 0. The molecule has 2 rings (SSSR count). The molecule has 0 radical (unpaired) electrons. The van der Waals surface area contributed by atoms with E-state index in [-0.39, 0.29) is 5.91 Å². The molecule has 3 N–H and O–H groups in total. The van der Waals surface area contributed by atoms with Gasteiger partial charge in [-0.25, -0.2) is 14.7 Å². The molecule has 5 heteroatoms. The molecule has 1 heterocycles. The van der Waals surface area contributed by atoms with Crippen molar-refractivity contribution in [2.24, 2.45) is 5.73 Å². The van der Waals surface area contributed by atoms with Gasteiger partial charge in [-0.15, -0.1) is 0 Å². The van der Waals surface area contributed by atoms with Crippen LogP contribution in [0, 0.1) is 6.92 Å². The van der Waals surface area contributed by atoms with Crippen molar-refractivity contribution in [1.82, 2.24) is 5.32 Å². The Morgan fingerprint density at radius 2 is 2.17 bits per heavy atom. The smallest absolute Gasteiger partial charge is 0.356 e. The molecule has 18 heavy (non-hydrogen) atoms. The van der Waals surface area contributed by atoms with Crippen LogP contribution in [0.2, 0.25) is 0 Å². The topological polar surface area (TPSA) is 67.4 Å². The van der Waals surface area contributed by atoms with Crippen LogP contribution in [0.3, 0.4) is 0 Å². The van der Waals surface area contributed by atoms with Gasteiger partial charge in [-0.2, -0.15) is 0 Å². The predicted octanol–water partition coefficient (Wildman–Crippen LogP) is 0.431. The first-order chi connectivity index (χ1) is 8.52. The molecule has 1 aliphatic rings. The standard InChI is InChI=1S/C13H15N3O2/c1-8-6-9(4-5-11(8)18-3)7-10-12(17)15-13(14)16(10)2/h4-7H,1-3H3,(H2,14,15,17)/p+1/b10-7-. The third-order valence-electron chi connectivity index (χ3n) is 2.92. The molecule has 0 saturated carbocycles. The van der Waals surface area contributed by atoms with Crippen molar-refractivity contribution in [3.8, 4) is 5.75 Å². The van der Waals surface area contributed by atoms with Crippen LogP contribution in [0.15, 0.2) is 23.9 Å². The van der Waals surface area contributed by atoms with Gasteiger partial charge in [-0.1, -0.05) is 6.07 Å². The third kappa shape index (κ3) is 2.07. The van der Waals surface area contributed by atoms with Crippen LogP contribution in [0.5, 0.6) is 5.75 Å². The fourth-order valence-electron chi connectivity index (χ4n) is 1.86. The molecular formula is C13H16N3O2+. The number of hydrogen-bond acceptors (Lipinski definition) is 3. The first-order valence-electron chi connectivity index (χ1n) is 5.56. The lowest BCUT2D eigenvalue weighted by Gasteiger charge is -2.05. The van der Waals surface area contributed by atoms with Crippen LogP contribution >= 0.6 is 0 Å². The van der Waals surface area contributed by atoms with Crippen molar-refractivity contribution in [3.05, 3.63) is 35.0 Å². The Hall–Kier alpha value is -2.30. The van der Waals surface area contributed by atoms with Gasteiger partial charge < -0.3 is 4.74 Å². The molecule has 0 fully saturated rings. The summed E-state index contributed by atoms with van der Waals surface area (Å²) in [4.78, 5) is 11.7. The van der Waals surface area contributed by atoms with Crippen LogP contribution < -0.4 is 15.8 Å². The highest BCUT2D eigenvalue weighted by Gasteiger charge is 2.28. The van der Waals surface area contributed by atoms with Crippen LogP contribution in [0.4, 0.5) is 0 Å². The molecule has 1 amide bonds. The molecule has 0 bridgehead atoms. The van der Waals surface area contributed by atoms with Gasteiger partial charge in [0.05, 0.1) is 14.2 Å². The highest BCUT2D eigenvalue weighted by Crippen LogP contribution is 2.20. The van der Waals surface area contributed by atoms with Crippen LogP contribution in [-0.2, 0) is 4.79 Å². The number of methoxy groups -OCH3 is 1. The number of ether oxygens (including phenoxy) is 1. The zero-order valence-electron chi connectivity index (χ0n) is 10.7. The lowest BCUT2D eigenvalue weighted by Crippen LogP contribution is -2.32. The summed E-state index contributed by atoms with van der Waals surface area (Å²) in [6, 6.07) is 5.73. The number of carbonyl (C=O) groups excluding carboxylic acids is 1. The molecule has 1 aliphatic heterocycles. The summed E-state index contributed by atoms with van der Waals surface area (Å²) < 4.78 is 6.82. The van der Waals surface area contributed by atoms with Crippen LogP contribution in [0.1, 0.15) is 11.1 Å². The van der Waals surface area contributed by atoms with E-state index in [9.17, 15) is 4.79 Å². The van der Waals surface area contributed by atoms with Gasteiger partial charge in [0.1, 0.15) is 5.75 Å². The summed E-state index contributed by atoms with van der Waals surface area (Å²) in [5, 5.41) is 2.56. The highest BCUT2D eigenvalue weighted by molar-refractivity contribution is 6.08. The van der Waals surface area contributed by atoms with Crippen LogP contribution in [-0.4, -0.2) is 30.6 Å². The quantitative estimate of drug-likeness (QED) is 0.587. The van der Waals surface area contributed by atoms with Crippen molar-refractivity contribution < 1.29 is 14.1 Å². The maximum Gasteiger partial charge on any atom is 0.356 e. The second-order valence-corrected chi connectivity index (χ2v) is 4.16. The minimum Gasteiger partial charge on any atom is -0.496 e. The fraction of sp³-hybridized carbons (Fsp3) is 0.231. The highest BCUT2D eigenvalue weighted by atomic mass is 16.5. The van der Waals surface area contributed by atoms with Gasteiger partial charge in [0, 0.05) is 0 Å². The summed E-state index contributed by atoms with van der Waals surface area (Å²) in [6.45, 7) is 1.96. The molecule has 0 aromatic heterocycles. The summed E-state index contributed by atoms with van der Waals surface area (Å²) in [7, 11) is 3.38. The van der Waals surface area contributed by atoms with E-state index in [0.717, 1.165) is 16.9 Å². The molecule has 0 saturated heterocycles. The molecule has 94 valence electrons. The monoisotopic (exact) mass is 246 g/mol. The van der Waals surface area contributed by atoms with E-state index < -0.39 is 0 Å². The van der Waals surface area contributed by atoms with E-state index in [4.69, 9.17) is 10.5 Å². The fourth-order valence-corrected chi connectivity index (χ4v) is 1.86. The van der Waals surface area contributed by atoms with Crippen molar-refractivity contribution in [2.75, 3.05) is 14.2 Å². The van der Waals surface area contributed by atoms with E-state index in [0.29, 0.717) is 11.7 Å². The second kappa shape index (κ2) is 4.52. The van der Waals surface area contributed by atoms with E-state index in [1.165, 1.54) is 0 Å². The van der Waals surface area contributed by atoms with Crippen molar-refractivity contribution in [3.63, 3.8) is 0 Å². The number of guanidine groups is 1. The molecule has 1 aromatic rings. The van der Waals surface area contributed by atoms with Crippen molar-refractivity contribution >= 4 is 17.9 Å². The maximum atomic E-state index is 11.7. The number of hydrogen-bond donors (Lipinski definition) is 2. The Morgan fingerprint density at radius 1 is 1.44 bits per heavy atom. The Morgan fingerprint density at radius 3 is 2.67 bits per heavy atom. The van der Waals surface area contributed by atoms with Gasteiger partial charge in [0.25, 0.3) is 0 Å². The first-order valence-corrected chi connectivity index (χ1v) is 5.56. The number of nitrogens with zero attached hydrogens (tertiary/aromatic N) is 1. The Kier molecular flexibility index (Phi) is 3.06. The van der Waals surface area contributed by atoms with Crippen molar-refractivity contribution in [1.29, 1.82) is 0 Å². The predicted molar refractivity (Wildman–Crippen MR) is 69.2 cm³/mol. The number of likely N-dealkylation sites (N-methyl/N-ethyl adjacent to an activating group) is 1. The normalized spacial score (nSPS) is 17.3. The summed E-state index contributed by atoms with van der Waals surface area (Å²) in [5.74, 6) is 0.979. The maximum absolute atomic E-state index is 11.7. The van der Waals surface area contributed by atoms with E-state index in [2.05, 4.69) is 5.32 Å². The van der Waals surface area contributed by atoms with E-state index >= 15 is 0 Å². The third-order valence-corrected chi connectivity index (χ3v) is 2.92. The Balaban J connectivity index is 2.40. The average molecular weight is 246 g/mol. The second-order valence-electron chi connectivity index (χ2n) is 4.16. The number of amides is 1. The van der Waals surface area contributed by atoms with Gasteiger partial charge in [0.2, 0.25) is 0 Å². The zero-order chi connectivity index (χ0) is 13.3. The molecule has 0 atom stereocenters. The number of carbonyl (C=O) groups is 1. The van der Waals surface area contributed by atoms with E-state index in [1.54, 1.807) is 24.8 Å². The minimum absolute atomic E-state index is 0.191. The molecular weight excluding hydrogens is 230 g/mol. The first kappa shape index (κ1) is 12.2. The molecule has 5 nitrogen and oxygen atoms in total. The largest absolute Gasteiger partial charge is 0.496 e. The Bertz CT molecular complexity index is 574. The van der Waals surface area contributed by atoms with Crippen LogP contribution in [0.25, 0.3) is 6.08 Å². The minimum atomic E-state index is -0.191. The zero-order valence-corrected chi connectivity index (χ0v) is 10.7. The number of nitrogens with two attached hydrogens (primary N) is 1. The summed E-state index contributed by atoms with van der Waals surface area (Å²) in [6.07, 6.45) is 1.79. The number of nitrogens with one attached hydrogen (secondary N) is 1. The number of rotatable bonds is 2. The van der Waals surface area contributed by atoms with Crippen molar-refractivity contribution in [2.45, 2.75) is 6.92 Å².